The summed E-state index contributed by atoms with van der Waals surface area (Å²) in [5, 5.41) is 5.12. The highest BCUT2D eigenvalue weighted by molar-refractivity contribution is 7.14. The van der Waals surface area contributed by atoms with Gasteiger partial charge in [0.1, 0.15) is 11.9 Å². The Balaban J connectivity index is 1.70. The second-order valence-electron chi connectivity index (χ2n) is 4.54. The number of hydrogen-bond acceptors (Lipinski definition) is 4. The summed E-state index contributed by atoms with van der Waals surface area (Å²) in [6.45, 7) is 0.636. The topological polar surface area (TPSA) is 51.2 Å². The third-order valence-corrected chi connectivity index (χ3v) is 3.85. The summed E-state index contributed by atoms with van der Waals surface area (Å²) in [5.74, 6) is -0.432. The molecule has 1 amide bonds. The van der Waals surface area contributed by atoms with Gasteiger partial charge < -0.3 is 4.74 Å². The molecule has 3 rings (SSSR count). The van der Waals surface area contributed by atoms with Crippen molar-refractivity contribution in [2.75, 3.05) is 11.9 Å². The van der Waals surface area contributed by atoms with Gasteiger partial charge in [-0.1, -0.05) is 0 Å². The Hall–Kier alpha value is -1.79. The molecule has 4 nitrogen and oxygen atoms in total. The molecule has 2 heterocycles. The number of hydrogen-bond donors (Lipinski definition) is 1. The second-order valence-corrected chi connectivity index (χ2v) is 5.39. The van der Waals surface area contributed by atoms with Gasteiger partial charge in [0.15, 0.2) is 5.13 Å². The molecule has 104 valence electrons. The van der Waals surface area contributed by atoms with Crippen molar-refractivity contribution in [3.8, 4) is 11.3 Å². The molecular formula is C14H13FN2O2S. The first-order chi connectivity index (χ1) is 9.72. The predicted octanol–water partition coefficient (Wildman–Crippen LogP) is 3.07. The van der Waals surface area contributed by atoms with Gasteiger partial charge in [-0.2, -0.15) is 0 Å². The van der Waals surface area contributed by atoms with E-state index in [-0.39, 0.29) is 17.8 Å². The Bertz CT molecular complexity index is 606. The minimum absolute atomic E-state index is 0.150. The van der Waals surface area contributed by atoms with Gasteiger partial charge in [0.2, 0.25) is 0 Å². The van der Waals surface area contributed by atoms with Crippen LogP contribution in [0, 0.1) is 5.82 Å². The molecule has 0 aliphatic carbocycles. The third kappa shape index (κ3) is 2.86. The first-order valence-electron chi connectivity index (χ1n) is 6.36. The van der Waals surface area contributed by atoms with Gasteiger partial charge in [-0.15, -0.1) is 11.3 Å². The van der Waals surface area contributed by atoms with Crippen molar-refractivity contribution in [1.82, 2.24) is 4.98 Å². The fourth-order valence-corrected chi connectivity index (χ4v) is 2.78. The number of thiazole rings is 1. The van der Waals surface area contributed by atoms with E-state index in [0.717, 1.165) is 24.1 Å². The fraction of sp³-hybridized carbons (Fsp3) is 0.286. The first kappa shape index (κ1) is 13.2. The minimum Gasteiger partial charge on any atom is -0.368 e. The van der Waals surface area contributed by atoms with Crippen molar-refractivity contribution in [3.63, 3.8) is 0 Å². The zero-order chi connectivity index (χ0) is 13.9. The Morgan fingerprint density at radius 3 is 2.90 bits per heavy atom. The molecule has 1 aliphatic rings. The van der Waals surface area contributed by atoms with Crippen molar-refractivity contribution in [2.24, 2.45) is 0 Å². The lowest BCUT2D eigenvalue weighted by atomic mass is 10.2. The van der Waals surface area contributed by atoms with Crippen LogP contribution in [0.5, 0.6) is 0 Å². The maximum atomic E-state index is 12.9. The fourth-order valence-electron chi connectivity index (χ4n) is 2.05. The largest absolute Gasteiger partial charge is 0.368 e. The highest BCUT2D eigenvalue weighted by Gasteiger charge is 2.24. The molecule has 1 aromatic heterocycles. The zero-order valence-corrected chi connectivity index (χ0v) is 11.5. The maximum Gasteiger partial charge on any atom is 0.255 e. The number of aromatic nitrogens is 1. The van der Waals surface area contributed by atoms with E-state index in [2.05, 4.69) is 10.3 Å². The number of amides is 1. The zero-order valence-electron chi connectivity index (χ0n) is 10.6. The van der Waals surface area contributed by atoms with Crippen LogP contribution in [0.4, 0.5) is 9.52 Å². The lowest BCUT2D eigenvalue weighted by molar-refractivity contribution is -0.124. The van der Waals surface area contributed by atoms with Gasteiger partial charge in [-0.3, -0.25) is 10.1 Å². The summed E-state index contributed by atoms with van der Waals surface area (Å²) >= 11 is 1.34. The first-order valence-corrected chi connectivity index (χ1v) is 7.24. The molecule has 0 bridgehead atoms. The van der Waals surface area contributed by atoms with Crippen molar-refractivity contribution >= 4 is 22.4 Å². The number of nitrogens with zero attached hydrogens (tertiary/aromatic N) is 1. The normalized spacial score (nSPS) is 18.1. The van der Waals surface area contributed by atoms with E-state index >= 15 is 0 Å². The van der Waals surface area contributed by atoms with E-state index in [4.69, 9.17) is 4.74 Å². The monoisotopic (exact) mass is 292 g/mol. The van der Waals surface area contributed by atoms with Gasteiger partial charge in [0.25, 0.3) is 5.91 Å². The SMILES string of the molecule is O=C(Nc1nc(-c2ccc(F)cc2)cs1)[C@H]1CCCO1. The molecule has 0 spiro atoms. The number of carbonyl (C=O) groups is 1. The lowest BCUT2D eigenvalue weighted by Gasteiger charge is -2.07. The molecule has 1 atom stereocenters. The third-order valence-electron chi connectivity index (χ3n) is 3.10. The predicted molar refractivity (Wildman–Crippen MR) is 75.1 cm³/mol. The summed E-state index contributed by atoms with van der Waals surface area (Å²) in [7, 11) is 0. The number of benzene rings is 1. The van der Waals surface area contributed by atoms with E-state index in [1.807, 2.05) is 5.38 Å². The Morgan fingerprint density at radius 1 is 1.40 bits per heavy atom. The quantitative estimate of drug-likeness (QED) is 0.946. The van der Waals surface area contributed by atoms with Crippen LogP contribution in [0.1, 0.15) is 12.8 Å². The molecule has 2 aromatic rings. The molecule has 0 radical (unpaired) electrons. The molecule has 1 fully saturated rings. The van der Waals surface area contributed by atoms with Crippen LogP contribution in [0.3, 0.4) is 0 Å². The average molecular weight is 292 g/mol. The van der Waals surface area contributed by atoms with Gasteiger partial charge in [-0.05, 0) is 37.1 Å². The van der Waals surface area contributed by atoms with Crippen LogP contribution in [0.15, 0.2) is 29.6 Å². The average Bonchev–Trinajstić information content (AvgIpc) is 3.10. The molecule has 1 saturated heterocycles. The second kappa shape index (κ2) is 5.68. The maximum absolute atomic E-state index is 12.9. The van der Waals surface area contributed by atoms with Gasteiger partial charge in [-0.25, -0.2) is 9.37 Å². The summed E-state index contributed by atoms with van der Waals surface area (Å²) in [4.78, 5) is 16.2. The van der Waals surface area contributed by atoms with Gasteiger partial charge in [0.05, 0.1) is 5.69 Å². The molecular weight excluding hydrogens is 279 g/mol. The number of rotatable bonds is 3. The van der Waals surface area contributed by atoms with Crippen LogP contribution >= 0.6 is 11.3 Å². The van der Waals surface area contributed by atoms with Crippen molar-refractivity contribution < 1.29 is 13.9 Å². The van der Waals surface area contributed by atoms with E-state index in [9.17, 15) is 9.18 Å². The Kier molecular flexibility index (Phi) is 3.75. The van der Waals surface area contributed by atoms with Crippen molar-refractivity contribution in [3.05, 3.63) is 35.5 Å². The summed E-state index contributed by atoms with van der Waals surface area (Å²) in [5.41, 5.74) is 1.54. The molecule has 20 heavy (non-hydrogen) atoms. The lowest BCUT2D eigenvalue weighted by Crippen LogP contribution is -2.26. The number of ether oxygens (including phenoxy) is 1. The smallest absolute Gasteiger partial charge is 0.255 e. The Labute approximate surface area is 119 Å². The van der Waals surface area contributed by atoms with Crippen molar-refractivity contribution in [2.45, 2.75) is 18.9 Å². The van der Waals surface area contributed by atoms with E-state index in [1.165, 1.54) is 23.5 Å². The standard InChI is InChI=1S/C14H13FN2O2S/c15-10-5-3-9(4-6-10)11-8-20-14(16-11)17-13(18)12-2-1-7-19-12/h3-6,8,12H,1-2,7H2,(H,16,17,18)/t12-/m1/s1. The number of nitrogens with one attached hydrogen (secondary N) is 1. The molecule has 1 aromatic carbocycles. The highest BCUT2D eigenvalue weighted by Crippen LogP contribution is 2.25. The van der Waals surface area contributed by atoms with Gasteiger partial charge >= 0.3 is 0 Å². The summed E-state index contributed by atoms with van der Waals surface area (Å²) < 4.78 is 18.2. The van der Waals surface area contributed by atoms with Crippen molar-refractivity contribution in [1.29, 1.82) is 0 Å². The minimum atomic E-state index is -0.367. The molecule has 0 unspecified atom stereocenters. The van der Waals surface area contributed by atoms with Gasteiger partial charge in [0, 0.05) is 17.6 Å². The highest BCUT2D eigenvalue weighted by atomic mass is 32.1. The van der Waals surface area contributed by atoms with Crippen LogP contribution in [-0.4, -0.2) is 23.6 Å². The molecule has 1 aliphatic heterocycles. The van der Waals surface area contributed by atoms with E-state index in [0.29, 0.717) is 11.7 Å². The number of anilines is 1. The summed E-state index contributed by atoms with van der Waals surface area (Å²) in [6, 6.07) is 6.10. The number of carbonyl (C=O) groups excluding carboxylic acids is 1. The van der Waals surface area contributed by atoms with Crippen LogP contribution in [-0.2, 0) is 9.53 Å². The molecule has 1 N–H and O–H groups in total. The molecule has 6 heteroatoms. The van der Waals surface area contributed by atoms with E-state index in [1.54, 1.807) is 12.1 Å². The van der Waals surface area contributed by atoms with Crippen LogP contribution in [0.25, 0.3) is 11.3 Å². The van der Waals surface area contributed by atoms with Crippen LogP contribution < -0.4 is 5.32 Å². The van der Waals surface area contributed by atoms with E-state index < -0.39 is 0 Å². The Morgan fingerprint density at radius 2 is 2.20 bits per heavy atom. The molecule has 0 saturated carbocycles. The van der Waals surface area contributed by atoms with Crippen LogP contribution in [0.2, 0.25) is 0 Å². The number of halogens is 1. The summed E-state index contributed by atoms with van der Waals surface area (Å²) in [6.07, 6.45) is 1.30.